The standard InChI is InChI=1S/C14H20N2O3S/c1-16-7-4-12(5-8-16)15-20(17,18)13-2-3-14-11(10-13)6-9-19-14/h2-3,10,12,15H,4-9H2,1H3. The van der Waals surface area contributed by atoms with E-state index < -0.39 is 10.0 Å². The second kappa shape index (κ2) is 5.35. The number of ether oxygens (including phenoxy) is 1. The number of hydrogen-bond acceptors (Lipinski definition) is 4. The van der Waals surface area contributed by atoms with Crippen LogP contribution in [-0.4, -0.2) is 46.1 Å². The van der Waals surface area contributed by atoms with Crippen LogP contribution < -0.4 is 9.46 Å². The molecule has 1 aromatic rings. The van der Waals surface area contributed by atoms with Crippen molar-refractivity contribution in [3.05, 3.63) is 23.8 Å². The lowest BCUT2D eigenvalue weighted by Gasteiger charge is -2.29. The van der Waals surface area contributed by atoms with E-state index in [1.807, 2.05) is 0 Å². The molecule has 0 aromatic heterocycles. The molecule has 6 heteroatoms. The van der Waals surface area contributed by atoms with Gasteiger partial charge in [0.1, 0.15) is 5.75 Å². The summed E-state index contributed by atoms with van der Waals surface area (Å²) in [6, 6.07) is 5.16. The van der Waals surface area contributed by atoms with Gasteiger partial charge in [0.25, 0.3) is 0 Å². The predicted octanol–water partition coefficient (Wildman–Crippen LogP) is 0.994. The Hall–Kier alpha value is -1.11. The number of benzene rings is 1. The smallest absolute Gasteiger partial charge is 0.240 e. The quantitative estimate of drug-likeness (QED) is 0.904. The molecule has 0 unspecified atom stereocenters. The summed E-state index contributed by atoms with van der Waals surface area (Å²) >= 11 is 0. The second-order valence-electron chi connectivity index (χ2n) is 5.57. The van der Waals surface area contributed by atoms with Crippen LogP contribution in [0.15, 0.2) is 23.1 Å². The Morgan fingerprint density at radius 2 is 2.05 bits per heavy atom. The lowest BCUT2D eigenvalue weighted by Crippen LogP contribution is -2.43. The fraction of sp³-hybridized carbons (Fsp3) is 0.571. The minimum atomic E-state index is -3.42. The SMILES string of the molecule is CN1CCC(NS(=O)(=O)c2ccc3c(c2)CCO3)CC1. The van der Waals surface area contributed by atoms with E-state index in [4.69, 9.17) is 4.74 Å². The van der Waals surface area contributed by atoms with E-state index in [-0.39, 0.29) is 6.04 Å². The number of nitrogens with one attached hydrogen (secondary N) is 1. The number of rotatable bonds is 3. The normalized spacial score (nSPS) is 20.6. The summed E-state index contributed by atoms with van der Waals surface area (Å²) in [6.45, 7) is 2.51. The molecule has 1 fully saturated rings. The molecular weight excluding hydrogens is 276 g/mol. The van der Waals surface area contributed by atoms with Crippen LogP contribution in [-0.2, 0) is 16.4 Å². The molecule has 0 spiro atoms. The van der Waals surface area contributed by atoms with Crippen molar-refractivity contribution in [2.45, 2.75) is 30.2 Å². The first-order valence-corrected chi connectivity index (χ1v) is 8.49. The van der Waals surface area contributed by atoms with Crippen LogP contribution in [0.2, 0.25) is 0 Å². The van der Waals surface area contributed by atoms with Crippen LogP contribution >= 0.6 is 0 Å². The lowest BCUT2D eigenvalue weighted by atomic mass is 10.1. The molecule has 0 radical (unpaired) electrons. The van der Waals surface area contributed by atoms with Gasteiger partial charge in [-0.15, -0.1) is 0 Å². The second-order valence-corrected chi connectivity index (χ2v) is 7.28. The molecule has 0 aliphatic carbocycles. The summed E-state index contributed by atoms with van der Waals surface area (Å²) in [5.41, 5.74) is 0.983. The summed E-state index contributed by atoms with van der Waals surface area (Å²) in [5.74, 6) is 0.809. The van der Waals surface area contributed by atoms with Crippen molar-refractivity contribution >= 4 is 10.0 Å². The Labute approximate surface area is 120 Å². The van der Waals surface area contributed by atoms with Crippen LogP contribution in [0, 0.1) is 0 Å². The number of fused-ring (bicyclic) bond motifs is 1. The highest BCUT2D eigenvalue weighted by Crippen LogP contribution is 2.27. The maximum atomic E-state index is 12.4. The molecule has 1 aromatic carbocycles. The Bertz CT molecular complexity index is 592. The zero-order valence-corrected chi connectivity index (χ0v) is 12.4. The topological polar surface area (TPSA) is 58.6 Å². The summed E-state index contributed by atoms with van der Waals surface area (Å²) < 4.78 is 33.1. The molecule has 20 heavy (non-hydrogen) atoms. The molecule has 0 bridgehead atoms. The first kappa shape index (κ1) is 13.9. The van der Waals surface area contributed by atoms with Gasteiger partial charge < -0.3 is 9.64 Å². The highest BCUT2D eigenvalue weighted by molar-refractivity contribution is 7.89. The molecule has 0 amide bonds. The van der Waals surface area contributed by atoms with E-state index in [9.17, 15) is 8.42 Å². The van der Waals surface area contributed by atoms with Gasteiger partial charge in [-0.25, -0.2) is 13.1 Å². The highest BCUT2D eigenvalue weighted by atomic mass is 32.2. The van der Waals surface area contributed by atoms with Gasteiger partial charge in [0.15, 0.2) is 0 Å². The third-order valence-electron chi connectivity index (χ3n) is 4.01. The van der Waals surface area contributed by atoms with Crippen LogP contribution in [0.25, 0.3) is 0 Å². The largest absolute Gasteiger partial charge is 0.493 e. The van der Waals surface area contributed by atoms with Crippen molar-refractivity contribution in [3.63, 3.8) is 0 Å². The zero-order valence-electron chi connectivity index (χ0n) is 11.6. The average molecular weight is 296 g/mol. The Balaban J connectivity index is 1.75. The number of sulfonamides is 1. The van der Waals surface area contributed by atoms with E-state index in [1.165, 1.54) is 0 Å². The minimum Gasteiger partial charge on any atom is -0.493 e. The molecule has 0 atom stereocenters. The molecular formula is C14H20N2O3S. The van der Waals surface area contributed by atoms with E-state index in [1.54, 1.807) is 18.2 Å². The fourth-order valence-corrected chi connectivity index (χ4v) is 4.10. The average Bonchev–Trinajstić information content (AvgIpc) is 2.88. The van der Waals surface area contributed by atoms with Crippen LogP contribution in [0.3, 0.4) is 0 Å². The summed E-state index contributed by atoms with van der Waals surface area (Å²) in [4.78, 5) is 2.57. The zero-order chi connectivity index (χ0) is 14.2. The van der Waals surface area contributed by atoms with E-state index >= 15 is 0 Å². The maximum absolute atomic E-state index is 12.4. The lowest BCUT2D eigenvalue weighted by molar-refractivity contribution is 0.248. The number of hydrogen-bond donors (Lipinski definition) is 1. The minimum absolute atomic E-state index is 0.0423. The molecule has 5 nitrogen and oxygen atoms in total. The number of piperidine rings is 1. The fourth-order valence-electron chi connectivity index (χ4n) is 2.74. The van der Waals surface area contributed by atoms with Crippen molar-refractivity contribution in [3.8, 4) is 5.75 Å². The molecule has 2 heterocycles. The highest BCUT2D eigenvalue weighted by Gasteiger charge is 2.24. The van der Waals surface area contributed by atoms with Crippen molar-refractivity contribution in [1.82, 2.24) is 9.62 Å². The summed E-state index contributed by atoms with van der Waals surface area (Å²) in [7, 11) is -1.36. The van der Waals surface area contributed by atoms with Crippen LogP contribution in [0.5, 0.6) is 5.75 Å². The molecule has 1 saturated heterocycles. The van der Waals surface area contributed by atoms with Gasteiger partial charge in [0, 0.05) is 12.5 Å². The number of likely N-dealkylation sites (tertiary alicyclic amines) is 1. The van der Waals surface area contributed by atoms with Gasteiger partial charge in [0.05, 0.1) is 11.5 Å². The van der Waals surface area contributed by atoms with Gasteiger partial charge in [0.2, 0.25) is 10.0 Å². The monoisotopic (exact) mass is 296 g/mol. The van der Waals surface area contributed by atoms with Crippen molar-refractivity contribution < 1.29 is 13.2 Å². The molecule has 110 valence electrons. The Morgan fingerprint density at radius 1 is 1.30 bits per heavy atom. The predicted molar refractivity (Wildman–Crippen MR) is 76.5 cm³/mol. The third-order valence-corrected chi connectivity index (χ3v) is 5.53. The molecule has 3 rings (SSSR count). The van der Waals surface area contributed by atoms with Gasteiger partial charge in [-0.1, -0.05) is 0 Å². The third kappa shape index (κ3) is 2.82. The van der Waals surface area contributed by atoms with E-state index in [2.05, 4.69) is 16.7 Å². The van der Waals surface area contributed by atoms with Gasteiger partial charge in [-0.3, -0.25) is 0 Å². The molecule has 2 aliphatic heterocycles. The summed E-state index contributed by atoms with van der Waals surface area (Å²) in [5, 5.41) is 0. The first-order chi connectivity index (χ1) is 9.54. The Kier molecular flexibility index (Phi) is 3.70. The molecule has 0 saturated carbocycles. The van der Waals surface area contributed by atoms with Gasteiger partial charge >= 0.3 is 0 Å². The molecule has 1 N–H and O–H groups in total. The maximum Gasteiger partial charge on any atom is 0.240 e. The van der Waals surface area contributed by atoms with Crippen molar-refractivity contribution in [2.24, 2.45) is 0 Å². The van der Waals surface area contributed by atoms with Crippen LogP contribution in [0.1, 0.15) is 18.4 Å². The van der Waals surface area contributed by atoms with E-state index in [0.29, 0.717) is 11.5 Å². The van der Waals surface area contributed by atoms with Gasteiger partial charge in [-0.05, 0) is 56.7 Å². The van der Waals surface area contributed by atoms with E-state index in [0.717, 1.165) is 43.7 Å². The van der Waals surface area contributed by atoms with Gasteiger partial charge in [-0.2, -0.15) is 0 Å². The summed E-state index contributed by atoms with van der Waals surface area (Å²) in [6.07, 6.45) is 2.51. The van der Waals surface area contributed by atoms with Crippen molar-refractivity contribution in [2.75, 3.05) is 26.7 Å². The van der Waals surface area contributed by atoms with Crippen molar-refractivity contribution in [1.29, 1.82) is 0 Å². The first-order valence-electron chi connectivity index (χ1n) is 7.01. The number of nitrogens with zero attached hydrogens (tertiary/aromatic N) is 1. The molecule has 2 aliphatic rings. The van der Waals surface area contributed by atoms with Crippen LogP contribution in [0.4, 0.5) is 0 Å². The Morgan fingerprint density at radius 3 is 2.80 bits per heavy atom.